The van der Waals surface area contributed by atoms with E-state index in [0.29, 0.717) is 0 Å². The Hall–Kier alpha value is -1.64. The van der Waals surface area contributed by atoms with Crippen LogP contribution in [0.4, 0.5) is 0 Å². The second-order valence-corrected chi connectivity index (χ2v) is 4.77. The Kier molecular flexibility index (Phi) is 2.90. The van der Waals surface area contributed by atoms with Gasteiger partial charge in [0.1, 0.15) is 0 Å². The minimum absolute atomic E-state index is 0.0106. The Morgan fingerprint density at radius 3 is 2.39 bits per heavy atom. The molecule has 2 N–H and O–H groups in total. The van der Waals surface area contributed by atoms with Gasteiger partial charge in [0.15, 0.2) is 0 Å². The minimum Gasteiger partial charge on any atom is -0.396 e. The molecule has 0 saturated heterocycles. The fourth-order valence-electron chi connectivity index (χ4n) is 2.82. The number of hydrogen-bond donors (Lipinski definition) is 2. The van der Waals surface area contributed by atoms with Crippen LogP contribution in [0.25, 0.3) is 11.1 Å². The monoisotopic (exact) mass is 240 g/mol. The van der Waals surface area contributed by atoms with E-state index < -0.39 is 0 Å². The lowest BCUT2D eigenvalue weighted by molar-refractivity contribution is 0.192. The third-order valence-electron chi connectivity index (χ3n) is 3.77. The summed E-state index contributed by atoms with van der Waals surface area (Å²) in [5.41, 5.74) is 6.19. The van der Waals surface area contributed by atoms with Crippen molar-refractivity contribution in [3.05, 3.63) is 59.2 Å². The van der Waals surface area contributed by atoms with Crippen LogP contribution in [-0.2, 0) is 6.42 Å². The molecule has 0 unspecified atom stereocenters. The summed E-state index contributed by atoms with van der Waals surface area (Å²) in [6, 6.07) is 14.5. The quantitative estimate of drug-likeness (QED) is 0.737. The van der Waals surface area contributed by atoms with Crippen molar-refractivity contribution < 1.29 is 10.2 Å². The minimum atomic E-state index is -0.172. The molecular weight excluding hydrogens is 224 g/mol. The van der Waals surface area contributed by atoms with Gasteiger partial charge >= 0.3 is 0 Å². The van der Waals surface area contributed by atoms with Gasteiger partial charge < -0.3 is 10.2 Å². The molecule has 2 nitrogen and oxygen atoms in total. The van der Waals surface area contributed by atoms with Crippen molar-refractivity contribution in [1.82, 2.24) is 0 Å². The first-order chi connectivity index (χ1) is 8.85. The van der Waals surface area contributed by atoms with E-state index >= 15 is 0 Å². The van der Waals surface area contributed by atoms with Crippen LogP contribution in [-0.4, -0.2) is 23.4 Å². The van der Waals surface area contributed by atoms with Crippen LogP contribution >= 0.6 is 0 Å². The van der Waals surface area contributed by atoms with Gasteiger partial charge in [0.05, 0.1) is 13.2 Å². The van der Waals surface area contributed by atoms with Crippen molar-refractivity contribution in [2.45, 2.75) is 12.3 Å². The average Bonchev–Trinajstić information content (AvgIpc) is 2.80. The molecule has 0 heterocycles. The summed E-state index contributed by atoms with van der Waals surface area (Å²) in [4.78, 5) is 0. The van der Waals surface area contributed by atoms with Crippen molar-refractivity contribution >= 4 is 0 Å². The highest BCUT2D eigenvalue weighted by atomic mass is 16.3. The van der Waals surface area contributed by atoms with Crippen molar-refractivity contribution in [2.75, 3.05) is 13.2 Å². The van der Waals surface area contributed by atoms with E-state index in [4.69, 9.17) is 0 Å². The van der Waals surface area contributed by atoms with Crippen molar-refractivity contribution in [1.29, 1.82) is 0 Å². The molecule has 0 atom stereocenters. The molecule has 2 heteroatoms. The van der Waals surface area contributed by atoms with E-state index in [1.807, 2.05) is 12.1 Å². The van der Waals surface area contributed by atoms with E-state index in [2.05, 4.69) is 30.3 Å². The first-order valence-corrected chi connectivity index (χ1v) is 6.27. The lowest BCUT2D eigenvalue weighted by atomic mass is 9.92. The Morgan fingerprint density at radius 1 is 0.889 bits per heavy atom. The van der Waals surface area contributed by atoms with E-state index in [1.54, 1.807) is 0 Å². The lowest BCUT2D eigenvalue weighted by Crippen LogP contribution is -2.11. The van der Waals surface area contributed by atoms with Crippen LogP contribution < -0.4 is 0 Å². The van der Waals surface area contributed by atoms with Crippen LogP contribution in [0.15, 0.2) is 42.5 Å². The van der Waals surface area contributed by atoms with Gasteiger partial charge in [-0.2, -0.15) is 0 Å². The Balaban J connectivity index is 2.14. The summed E-state index contributed by atoms with van der Waals surface area (Å²) < 4.78 is 0. The standard InChI is InChI=1S/C16H16O2/c17-9-12(10-18)14-6-3-7-15-13-5-2-1-4-11(13)8-16(14)15/h1-7,12,17-18H,8-10H2. The van der Waals surface area contributed by atoms with Crippen LogP contribution in [0.1, 0.15) is 22.6 Å². The molecular formula is C16H16O2. The molecule has 1 aliphatic carbocycles. The largest absolute Gasteiger partial charge is 0.396 e. The van der Waals surface area contributed by atoms with Crippen LogP contribution in [0, 0.1) is 0 Å². The number of fused-ring (bicyclic) bond motifs is 3. The van der Waals surface area contributed by atoms with Gasteiger partial charge in [0.2, 0.25) is 0 Å². The third-order valence-corrected chi connectivity index (χ3v) is 3.77. The second-order valence-electron chi connectivity index (χ2n) is 4.77. The second kappa shape index (κ2) is 4.56. The SMILES string of the molecule is OCC(CO)c1cccc2c1Cc1ccccc1-2. The van der Waals surface area contributed by atoms with E-state index in [0.717, 1.165) is 12.0 Å². The van der Waals surface area contributed by atoms with Crippen LogP contribution in [0.5, 0.6) is 0 Å². The van der Waals surface area contributed by atoms with Crippen molar-refractivity contribution in [3.8, 4) is 11.1 Å². The summed E-state index contributed by atoms with van der Waals surface area (Å²) in [7, 11) is 0. The van der Waals surface area contributed by atoms with E-state index in [-0.39, 0.29) is 19.1 Å². The first-order valence-electron chi connectivity index (χ1n) is 6.27. The fraction of sp³-hybridized carbons (Fsp3) is 0.250. The normalized spacial score (nSPS) is 12.6. The molecule has 0 aromatic heterocycles. The predicted octanol–water partition coefficient (Wildman–Crippen LogP) is 2.33. The Bertz CT molecular complexity index is 571. The topological polar surface area (TPSA) is 40.5 Å². The van der Waals surface area contributed by atoms with E-state index in [9.17, 15) is 10.2 Å². The molecule has 0 amide bonds. The summed E-state index contributed by atoms with van der Waals surface area (Å²) >= 11 is 0. The van der Waals surface area contributed by atoms with Crippen LogP contribution in [0.2, 0.25) is 0 Å². The molecule has 0 radical (unpaired) electrons. The summed E-state index contributed by atoms with van der Waals surface area (Å²) in [6.45, 7) is -0.0212. The lowest BCUT2D eigenvalue weighted by Gasteiger charge is -2.15. The van der Waals surface area contributed by atoms with Gasteiger partial charge in [-0.15, -0.1) is 0 Å². The Morgan fingerprint density at radius 2 is 1.61 bits per heavy atom. The molecule has 3 rings (SSSR count). The highest BCUT2D eigenvalue weighted by Gasteiger charge is 2.23. The molecule has 0 bridgehead atoms. The highest BCUT2D eigenvalue weighted by Crippen LogP contribution is 2.39. The van der Waals surface area contributed by atoms with E-state index in [1.165, 1.54) is 22.3 Å². The zero-order valence-electron chi connectivity index (χ0n) is 10.1. The average molecular weight is 240 g/mol. The molecule has 2 aromatic carbocycles. The van der Waals surface area contributed by atoms with Crippen molar-refractivity contribution in [2.24, 2.45) is 0 Å². The number of benzene rings is 2. The molecule has 0 fully saturated rings. The summed E-state index contributed by atoms with van der Waals surface area (Å²) in [6.07, 6.45) is 0.901. The molecule has 0 spiro atoms. The Labute approximate surface area is 107 Å². The van der Waals surface area contributed by atoms with Gasteiger partial charge in [0.25, 0.3) is 0 Å². The number of aliphatic hydroxyl groups is 2. The van der Waals surface area contributed by atoms with Gasteiger partial charge in [-0.3, -0.25) is 0 Å². The maximum absolute atomic E-state index is 9.37. The van der Waals surface area contributed by atoms with Gasteiger partial charge in [-0.1, -0.05) is 42.5 Å². The summed E-state index contributed by atoms with van der Waals surface area (Å²) in [5, 5.41) is 18.7. The maximum atomic E-state index is 9.37. The smallest absolute Gasteiger partial charge is 0.0521 e. The molecule has 2 aromatic rings. The molecule has 0 aliphatic heterocycles. The van der Waals surface area contributed by atoms with Crippen molar-refractivity contribution in [3.63, 3.8) is 0 Å². The molecule has 18 heavy (non-hydrogen) atoms. The van der Waals surface area contributed by atoms with Gasteiger partial charge in [-0.05, 0) is 34.2 Å². The maximum Gasteiger partial charge on any atom is 0.0521 e. The molecule has 1 aliphatic rings. The fourth-order valence-corrected chi connectivity index (χ4v) is 2.82. The number of hydrogen-bond acceptors (Lipinski definition) is 2. The van der Waals surface area contributed by atoms with Gasteiger partial charge in [-0.25, -0.2) is 0 Å². The first kappa shape index (κ1) is 11.5. The van der Waals surface area contributed by atoms with Crippen LogP contribution in [0.3, 0.4) is 0 Å². The number of rotatable bonds is 3. The highest BCUT2D eigenvalue weighted by molar-refractivity contribution is 5.78. The number of aliphatic hydroxyl groups excluding tert-OH is 2. The zero-order valence-corrected chi connectivity index (χ0v) is 10.1. The third kappa shape index (κ3) is 1.65. The predicted molar refractivity (Wildman–Crippen MR) is 71.6 cm³/mol. The molecule has 0 saturated carbocycles. The molecule has 92 valence electrons. The zero-order chi connectivity index (χ0) is 12.5. The van der Waals surface area contributed by atoms with Gasteiger partial charge in [0, 0.05) is 5.92 Å². The summed E-state index contributed by atoms with van der Waals surface area (Å²) in [5.74, 6) is -0.172.